The van der Waals surface area contributed by atoms with Crippen LogP contribution in [0.15, 0.2) is 18.3 Å². The van der Waals surface area contributed by atoms with Crippen LogP contribution in [0.4, 0.5) is 5.82 Å². The Balaban J connectivity index is 1.56. The summed E-state index contributed by atoms with van der Waals surface area (Å²) < 4.78 is 5.39. The van der Waals surface area contributed by atoms with Crippen molar-refractivity contribution in [1.29, 1.82) is 0 Å². The number of anilines is 1. The fourth-order valence-corrected chi connectivity index (χ4v) is 3.45. The highest BCUT2D eigenvalue weighted by Gasteiger charge is 2.37. The summed E-state index contributed by atoms with van der Waals surface area (Å²) >= 11 is 5.88. The van der Waals surface area contributed by atoms with Crippen LogP contribution >= 0.6 is 11.6 Å². The van der Waals surface area contributed by atoms with Gasteiger partial charge in [-0.25, -0.2) is 4.98 Å². The molecule has 0 aromatic carbocycles. The molecule has 0 unspecified atom stereocenters. The Bertz CT molecular complexity index is 546. The van der Waals surface area contributed by atoms with Gasteiger partial charge in [0, 0.05) is 46.0 Å². The molecule has 1 aromatic rings. The minimum Gasteiger partial charge on any atom is -0.380 e. The third-order valence-electron chi connectivity index (χ3n) is 4.76. The number of likely N-dealkylation sites (N-methyl/N-ethyl adjacent to an activating group) is 1. The molecule has 6 nitrogen and oxygen atoms in total. The van der Waals surface area contributed by atoms with Crippen LogP contribution in [-0.2, 0) is 9.53 Å². The molecule has 0 bridgehead atoms. The highest BCUT2D eigenvalue weighted by molar-refractivity contribution is 6.30. The minimum absolute atomic E-state index is 0.0554. The van der Waals surface area contributed by atoms with Crippen LogP contribution in [0, 0.1) is 0 Å². The molecule has 3 heterocycles. The van der Waals surface area contributed by atoms with Crippen LogP contribution in [0.1, 0.15) is 6.42 Å². The summed E-state index contributed by atoms with van der Waals surface area (Å²) in [6.07, 6.45) is 2.60. The van der Waals surface area contributed by atoms with E-state index in [1.54, 1.807) is 13.3 Å². The maximum Gasteiger partial charge on any atom is 0.240 e. The van der Waals surface area contributed by atoms with Crippen molar-refractivity contribution in [2.75, 3.05) is 51.8 Å². The van der Waals surface area contributed by atoms with E-state index in [1.807, 2.05) is 24.1 Å². The van der Waals surface area contributed by atoms with Gasteiger partial charge in [-0.3, -0.25) is 9.69 Å². The second-order valence-electron chi connectivity index (χ2n) is 6.20. The number of methoxy groups -OCH3 is 1. The van der Waals surface area contributed by atoms with Crippen molar-refractivity contribution in [2.45, 2.75) is 18.6 Å². The molecule has 3 rings (SSSR count). The van der Waals surface area contributed by atoms with Gasteiger partial charge in [-0.05, 0) is 25.6 Å². The molecule has 0 radical (unpaired) electrons. The van der Waals surface area contributed by atoms with Crippen molar-refractivity contribution in [3.05, 3.63) is 23.4 Å². The van der Waals surface area contributed by atoms with Crippen LogP contribution in [-0.4, -0.2) is 79.7 Å². The van der Waals surface area contributed by atoms with E-state index in [0.717, 1.165) is 45.0 Å². The molecular weight excluding hydrogens is 316 g/mol. The number of halogens is 1. The Hall–Kier alpha value is -1.37. The number of carbonyl (C=O) groups is 1. The topological polar surface area (TPSA) is 48.9 Å². The second-order valence-corrected chi connectivity index (χ2v) is 6.63. The van der Waals surface area contributed by atoms with Crippen molar-refractivity contribution in [2.24, 2.45) is 0 Å². The summed E-state index contributed by atoms with van der Waals surface area (Å²) in [5.41, 5.74) is 0. The Labute approximate surface area is 142 Å². The average Bonchev–Trinajstić information content (AvgIpc) is 2.96. The van der Waals surface area contributed by atoms with E-state index in [9.17, 15) is 4.79 Å². The largest absolute Gasteiger partial charge is 0.380 e. The normalized spacial score (nSPS) is 25.9. The zero-order valence-corrected chi connectivity index (χ0v) is 14.4. The van der Waals surface area contributed by atoms with E-state index in [1.165, 1.54) is 0 Å². The number of hydrogen-bond acceptors (Lipinski definition) is 5. The molecule has 0 N–H and O–H groups in total. The third-order valence-corrected chi connectivity index (χ3v) is 4.98. The number of nitrogens with zero attached hydrogens (tertiary/aromatic N) is 4. The summed E-state index contributed by atoms with van der Waals surface area (Å²) in [6, 6.07) is 3.72. The van der Waals surface area contributed by atoms with Crippen LogP contribution in [0.2, 0.25) is 5.02 Å². The first-order valence-corrected chi connectivity index (χ1v) is 8.34. The number of carbonyl (C=O) groups excluding carboxylic acids is 1. The molecule has 126 valence electrons. The van der Waals surface area contributed by atoms with Crippen molar-refractivity contribution < 1.29 is 9.53 Å². The molecule has 2 aliphatic rings. The van der Waals surface area contributed by atoms with Crippen LogP contribution in [0.3, 0.4) is 0 Å². The van der Waals surface area contributed by atoms with Gasteiger partial charge in [-0.15, -0.1) is 0 Å². The van der Waals surface area contributed by atoms with Gasteiger partial charge in [0.25, 0.3) is 0 Å². The quantitative estimate of drug-likeness (QED) is 0.826. The second kappa shape index (κ2) is 7.03. The lowest BCUT2D eigenvalue weighted by Gasteiger charge is -2.37. The van der Waals surface area contributed by atoms with Gasteiger partial charge >= 0.3 is 0 Å². The lowest BCUT2D eigenvalue weighted by Crippen LogP contribution is -2.53. The number of hydrogen-bond donors (Lipinski definition) is 0. The summed E-state index contributed by atoms with van der Waals surface area (Å²) in [5.74, 6) is 1.13. The van der Waals surface area contributed by atoms with Crippen molar-refractivity contribution in [3.63, 3.8) is 0 Å². The lowest BCUT2D eigenvalue weighted by molar-refractivity contribution is -0.135. The Morgan fingerprint density at radius 1 is 1.30 bits per heavy atom. The summed E-state index contributed by atoms with van der Waals surface area (Å²) in [4.78, 5) is 23.3. The molecule has 0 aliphatic carbocycles. The summed E-state index contributed by atoms with van der Waals surface area (Å²) in [5, 5.41) is 0.638. The monoisotopic (exact) mass is 338 g/mol. The highest BCUT2D eigenvalue weighted by Crippen LogP contribution is 2.22. The average molecular weight is 339 g/mol. The van der Waals surface area contributed by atoms with Gasteiger partial charge in [-0.1, -0.05) is 11.6 Å². The first kappa shape index (κ1) is 16.5. The first-order chi connectivity index (χ1) is 11.1. The Morgan fingerprint density at radius 3 is 2.61 bits per heavy atom. The SMILES string of the molecule is CO[C@H]1C[C@@H](C(=O)N2CCN(c3ccc(Cl)cn3)CC2)N(C)C1. The van der Waals surface area contributed by atoms with E-state index in [4.69, 9.17) is 16.3 Å². The molecule has 2 aliphatic heterocycles. The van der Waals surface area contributed by atoms with E-state index in [-0.39, 0.29) is 18.1 Å². The van der Waals surface area contributed by atoms with Gasteiger partial charge in [0.2, 0.25) is 5.91 Å². The molecule has 2 atom stereocenters. The summed E-state index contributed by atoms with van der Waals surface area (Å²) in [7, 11) is 3.71. The van der Waals surface area contributed by atoms with Gasteiger partial charge in [0.05, 0.1) is 17.2 Å². The van der Waals surface area contributed by atoms with Crippen molar-refractivity contribution in [3.8, 4) is 0 Å². The molecular formula is C16H23ClN4O2. The number of ether oxygens (including phenoxy) is 1. The fraction of sp³-hybridized carbons (Fsp3) is 0.625. The fourth-order valence-electron chi connectivity index (χ4n) is 3.33. The molecule has 1 aromatic heterocycles. The van der Waals surface area contributed by atoms with Crippen molar-refractivity contribution in [1.82, 2.24) is 14.8 Å². The highest BCUT2D eigenvalue weighted by atomic mass is 35.5. The predicted octanol–water partition coefficient (Wildman–Crippen LogP) is 1.10. The zero-order chi connectivity index (χ0) is 16.4. The van der Waals surface area contributed by atoms with Crippen LogP contribution < -0.4 is 4.90 Å². The minimum atomic E-state index is -0.0554. The van der Waals surface area contributed by atoms with Crippen molar-refractivity contribution >= 4 is 23.3 Å². The van der Waals surface area contributed by atoms with Gasteiger partial charge in [0.1, 0.15) is 5.82 Å². The Morgan fingerprint density at radius 2 is 2.04 bits per heavy atom. The number of amides is 1. The molecule has 2 saturated heterocycles. The molecule has 23 heavy (non-hydrogen) atoms. The Kier molecular flexibility index (Phi) is 5.04. The predicted molar refractivity (Wildman–Crippen MR) is 89.9 cm³/mol. The molecule has 2 fully saturated rings. The van der Waals surface area contributed by atoms with E-state index >= 15 is 0 Å². The standard InChI is InChI=1S/C16H23ClN4O2/c1-19-11-13(23-2)9-14(19)16(22)21-7-5-20(6-8-21)15-4-3-12(17)10-18-15/h3-4,10,13-14H,5-9,11H2,1-2H3/t13-,14-/m0/s1. The maximum absolute atomic E-state index is 12.7. The lowest BCUT2D eigenvalue weighted by atomic mass is 10.1. The summed E-state index contributed by atoms with van der Waals surface area (Å²) in [6.45, 7) is 3.87. The molecule has 1 amide bonds. The molecule has 0 spiro atoms. The third kappa shape index (κ3) is 3.59. The number of likely N-dealkylation sites (tertiary alicyclic amines) is 1. The van der Waals surface area contributed by atoms with E-state index in [0.29, 0.717) is 5.02 Å². The number of piperazine rings is 1. The number of aromatic nitrogens is 1. The number of pyridine rings is 1. The van der Waals surface area contributed by atoms with Gasteiger partial charge in [-0.2, -0.15) is 0 Å². The number of rotatable bonds is 3. The van der Waals surface area contributed by atoms with Gasteiger partial charge in [0.15, 0.2) is 0 Å². The van der Waals surface area contributed by atoms with E-state index < -0.39 is 0 Å². The maximum atomic E-state index is 12.7. The van der Waals surface area contributed by atoms with Crippen LogP contribution in [0.25, 0.3) is 0 Å². The molecule has 7 heteroatoms. The molecule has 0 saturated carbocycles. The zero-order valence-electron chi connectivity index (χ0n) is 13.6. The smallest absolute Gasteiger partial charge is 0.240 e. The first-order valence-electron chi connectivity index (χ1n) is 7.97. The van der Waals surface area contributed by atoms with E-state index in [2.05, 4.69) is 14.8 Å². The van der Waals surface area contributed by atoms with Gasteiger partial charge < -0.3 is 14.5 Å². The van der Waals surface area contributed by atoms with Crippen LogP contribution in [0.5, 0.6) is 0 Å².